The number of nitrogens with one attached hydrogen (secondary N) is 2. The monoisotopic (exact) mass is 409 g/mol. The third-order valence-corrected chi connectivity index (χ3v) is 6.48. The fourth-order valence-electron chi connectivity index (χ4n) is 4.85. The largest absolute Gasteiger partial charge is 0.489 e. The van der Waals surface area contributed by atoms with Crippen LogP contribution in [0.3, 0.4) is 0 Å². The van der Waals surface area contributed by atoms with Gasteiger partial charge in [-0.1, -0.05) is 12.1 Å². The molecule has 0 bridgehead atoms. The van der Waals surface area contributed by atoms with Crippen molar-refractivity contribution < 1.29 is 14.3 Å². The highest BCUT2D eigenvalue weighted by Gasteiger charge is 2.39. The van der Waals surface area contributed by atoms with Gasteiger partial charge in [0.25, 0.3) is 0 Å². The van der Waals surface area contributed by atoms with Gasteiger partial charge >= 0.3 is 0 Å². The van der Waals surface area contributed by atoms with Crippen molar-refractivity contribution in [1.82, 2.24) is 25.5 Å². The molecule has 4 unspecified atom stereocenters. The van der Waals surface area contributed by atoms with Gasteiger partial charge in [0.15, 0.2) is 5.78 Å². The lowest BCUT2D eigenvalue weighted by molar-refractivity contribution is -0.135. The lowest BCUT2D eigenvalue weighted by Crippen LogP contribution is -2.51. The van der Waals surface area contributed by atoms with Gasteiger partial charge in [0.1, 0.15) is 17.9 Å². The van der Waals surface area contributed by atoms with Crippen LogP contribution in [0, 0.1) is 5.92 Å². The number of aryl methyl sites for hydroxylation is 1. The van der Waals surface area contributed by atoms with Gasteiger partial charge < -0.3 is 9.64 Å². The first-order valence-corrected chi connectivity index (χ1v) is 10.7. The zero-order valence-electron chi connectivity index (χ0n) is 17.1. The van der Waals surface area contributed by atoms with E-state index in [4.69, 9.17) is 4.74 Å². The van der Waals surface area contributed by atoms with E-state index in [1.165, 1.54) is 0 Å². The molecule has 0 spiro atoms. The average molecular weight is 409 g/mol. The molecule has 4 heterocycles. The number of rotatable bonds is 3. The van der Waals surface area contributed by atoms with Crippen molar-refractivity contribution in [2.24, 2.45) is 13.0 Å². The highest BCUT2D eigenvalue weighted by molar-refractivity contribution is 5.99. The Kier molecular flexibility index (Phi) is 5.04. The molecule has 2 saturated heterocycles. The lowest BCUT2D eigenvalue weighted by atomic mass is 9.86. The predicted molar refractivity (Wildman–Crippen MR) is 110 cm³/mol. The van der Waals surface area contributed by atoms with Gasteiger partial charge in [-0.25, -0.2) is 10.9 Å². The molecule has 8 nitrogen and oxygen atoms in total. The molecule has 1 amide bonds. The molecule has 3 aliphatic rings. The Bertz CT molecular complexity index is 958. The van der Waals surface area contributed by atoms with Crippen LogP contribution in [0.5, 0.6) is 5.75 Å². The molecule has 3 aliphatic heterocycles. The maximum Gasteiger partial charge on any atom is 0.241 e. The summed E-state index contributed by atoms with van der Waals surface area (Å²) < 4.78 is 7.95. The second kappa shape index (κ2) is 7.85. The zero-order valence-corrected chi connectivity index (χ0v) is 17.1. The molecule has 1 aromatic heterocycles. The summed E-state index contributed by atoms with van der Waals surface area (Å²) in [6, 6.07) is 7.25. The number of aromatic nitrogens is 2. The number of likely N-dealkylation sites (tertiary alicyclic amines) is 1. The number of ketones is 1. The Morgan fingerprint density at radius 2 is 2.13 bits per heavy atom. The number of hydrazine groups is 1. The summed E-state index contributed by atoms with van der Waals surface area (Å²) in [5, 5.41) is 4.22. The molecule has 2 fully saturated rings. The second-order valence-electron chi connectivity index (χ2n) is 8.54. The molecule has 2 aromatic rings. The molecule has 1 aromatic carbocycles. The van der Waals surface area contributed by atoms with E-state index in [-0.39, 0.29) is 35.8 Å². The summed E-state index contributed by atoms with van der Waals surface area (Å²) in [5.74, 6) is 1.08. The van der Waals surface area contributed by atoms with Crippen LogP contribution >= 0.6 is 0 Å². The van der Waals surface area contributed by atoms with E-state index in [9.17, 15) is 9.59 Å². The van der Waals surface area contributed by atoms with Crippen LogP contribution in [0.1, 0.15) is 47.6 Å². The highest BCUT2D eigenvalue weighted by atomic mass is 16.5. The minimum Gasteiger partial charge on any atom is -0.489 e. The number of ether oxygens (including phenoxy) is 1. The molecule has 0 aliphatic carbocycles. The van der Waals surface area contributed by atoms with E-state index in [0.29, 0.717) is 30.7 Å². The minimum absolute atomic E-state index is 0.0732. The van der Waals surface area contributed by atoms with Crippen LogP contribution in [0.25, 0.3) is 0 Å². The highest BCUT2D eigenvalue weighted by Crippen LogP contribution is 2.33. The second-order valence-corrected chi connectivity index (χ2v) is 8.54. The van der Waals surface area contributed by atoms with Crippen molar-refractivity contribution in [3.63, 3.8) is 0 Å². The summed E-state index contributed by atoms with van der Waals surface area (Å²) in [5.41, 5.74) is 8.13. The number of hydrogen-bond donors (Lipinski definition) is 2. The first-order chi connectivity index (χ1) is 14.6. The van der Waals surface area contributed by atoms with Crippen LogP contribution in [0.4, 0.5) is 0 Å². The Labute approximate surface area is 175 Å². The molecule has 4 atom stereocenters. The topological polar surface area (TPSA) is 88.5 Å². The Balaban J connectivity index is 1.23. The summed E-state index contributed by atoms with van der Waals surface area (Å²) in [6.45, 7) is 1.39. The fraction of sp³-hybridized carbons (Fsp3) is 0.500. The molecular weight excluding hydrogens is 382 g/mol. The average Bonchev–Trinajstić information content (AvgIpc) is 3.42. The molecular formula is C22H27N5O3. The van der Waals surface area contributed by atoms with Gasteiger partial charge in [-0.2, -0.15) is 5.10 Å². The van der Waals surface area contributed by atoms with Gasteiger partial charge in [0.2, 0.25) is 5.91 Å². The van der Waals surface area contributed by atoms with Crippen LogP contribution in [-0.2, 0) is 11.8 Å². The predicted octanol–water partition coefficient (Wildman–Crippen LogP) is 1.60. The van der Waals surface area contributed by atoms with Crippen molar-refractivity contribution in [3.05, 3.63) is 47.8 Å². The third-order valence-electron chi connectivity index (χ3n) is 6.48. The minimum atomic E-state index is -0.261. The number of Topliss-reactive ketones (excluding diaryl/α,β-unsaturated/α-hetero) is 1. The SMILES string of the molecule is Cn1cc(C2CC(C(=O)N3CCCC(C4CC(=O)c5ccccc5O4)C3)NN2)cn1. The van der Waals surface area contributed by atoms with Crippen LogP contribution in [0.2, 0.25) is 0 Å². The van der Waals surface area contributed by atoms with E-state index in [1.54, 1.807) is 4.68 Å². The Morgan fingerprint density at radius 1 is 1.27 bits per heavy atom. The van der Waals surface area contributed by atoms with Crippen molar-refractivity contribution >= 4 is 11.7 Å². The number of nitrogens with zero attached hydrogens (tertiary/aromatic N) is 3. The van der Waals surface area contributed by atoms with Gasteiger partial charge in [0.05, 0.1) is 17.8 Å². The van der Waals surface area contributed by atoms with Crippen molar-refractivity contribution in [3.8, 4) is 5.75 Å². The summed E-state index contributed by atoms with van der Waals surface area (Å²) >= 11 is 0. The number of hydrogen-bond acceptors (Lipinski definition) is 6. The van der Waals surface area contributed by atoms with E-state index in [0.717, 1.165) is 24.9 Å². The number of amides is 1. The summed E-state index contributed by atoms with van der Waals surface area (Å²) in [7, 11) is 1.89. The molecule has 30 heavy (non-hydrogen) atoms. The number of benzene rings is 1. The number of para-hydroxylation sites is 1. The van der Waals surface area contributed by atoms with Crippen molar-refractivity contribution in [2.45, 2.75) is 43.9 Å². The molecule has 158 valence electrons. The molecule has 5 rings (SSSR count). The van der Waals surface area contributed by atoms with Gasteiger partial charge in [-0.15, -0.1) is 0 Å². The van der Waals surface area contributed by atoms with E-state index in [1.807, 2.05) is 48.6 Å². The van der Waals surface area contributed by atoms with E-state index >= 15 is 0 Å². The Hall–Kier alpha value is -2.71. The number of carbonyl (C=O) groups excluding carboxylic acids is 2. The standard InChI is InChI=1S/C22H27N5O3/c1-26-12-15(11-23-26)17-9-18(25-24-17)22(29)27-8-4-5-14(13-27)21-10-19(28)16-6-2-3-7-20(16)30-21/h2-3,6-7,11-12,14,17-18,21,24-25H,4-5,8-10,13H2,1H3. The summed E-state index contributed by atoms with van der Waals surface area (Å²) in [4.78, 5) is 27.7. The van der Waals surface area contributed by atoms with Gasteiger partial charge in [-0.05, 0) is 31.4 Å². The molecule has 0 radical (unpaired) electrons. The van der Waals surface area contributed by atoms with Crippen LogP contribution in [-0.4, -0.2) is 51.6 Å². The zero-order chi connectivity index (χ0) is 20.7. The smallest absolute Gasteiger partial charge is 0.241 e. The Morgan fingerprint density at radius 3 is 2.97 bits per heavy atom. The van der Waals surface area contributed by atoms with Crippen molar-refractivity contribution in [2.75, 3.05) is 13.1 Å². The van der Waals surface area contributed by atoms with Gasteiger partial charge in [-0.3, -0.25) is 14.3 Å². The van der Waals surface area contributed by atoms with E-state index in [2.05, 4.69) is 16.0 Å². The molecule has 2 N–H and O–H groups in total. The van der Waals surface area contributed by atoms with E-state index < -0.39 is 0 Å². The van der Waals surface area contributed by atoms with Crippen LogP contribution < -0.4 is 15.6 Å². The fourth-order valence-corrected chi connectivity index (χ4v) is 4.85. The first kappa shape index (κ1) is 19.3. The summed E-state index contributed by atoms with van der Waals surface area (Å²) in [6.07, 6.45) is 6.61. The van der Waals surface area contributed by atoms with Crippen molar-refractivity contribution in [1.29, 1.82) is 0 Å². The third kappa shape index (κ3) is 3.61. The normalized spacial score (nSPS) is 28.8. The van der Waals surface area contributed by atoms with Crippen LogP contribution in [0.15, 0.2) is 36.7 Å². The number of carbonyl (C=O) groups is 2. The van der Waals surface area contributed by atoms with Gasteiger partial charge in [0, 0.05) is 44.2 Å². The first-order valence-electron chi connectivity index (χ1n) is 10.7. The lowest BCUT2D eigenvalue weighted by Gasteiger charge is -2.39. The maximum atomic E-state index is 13.2. The quantitative estimate of drug-likeness (QED) is 0.801. The number of piperidine rings is 1. The molecule has 0 saturated carbocycles. The molecule has 8 heteroatoms. The maximum absolute atomic E-state index is 13.2. The number of fused-ring (bicyclic) bond motifs is 1.